The molecule has 0 aliphatic heterocycles. The van der Waals surface area contributed by atoms with E-state index in [2.05, 4.69) is 15.4 Å². The van der Waals surface area contributed by atoms with Crippen LogP contribution in [0.15, 0.2) is 66.7 Å². The molecule has 0 saturated heterocycles. The maximum atomic E-state index is 13.4. The summed E-state index contributed by atoms with van der Waals surface area (Å²) in [5.41, 5.74) is 5.40. The Morgan fingerprint density at radius 3 is 2.40 bits per heavy atom. The van der Waals surface area contributed by atoms with E-state index >= 15 is 0 Å². The average Bonchev–Trinajstić information content (AvgIpc) is 3.16. The minimum absolute atomic E-state index is 0.0362. The van der Waals surface area contributed by atoms with Crippen molar-refractivity contribution < 1.29 is 9.18 Å². The molecule has 3 aromatic carbocycles. The van der Waals surface area contributed by atoms with Crippen LogP contribution in [0, 0.1) is 26.6 Å². The molecule has 4 rings (SSSR count). The fourth-order valence-electron chi connectivity index (χ4n) is 3.14. The number of hydrogen-bond donors (Lipinski definition) is 1. The molecule has 1 N–H and O–H groups in total. The van der Waals surface area contributed by atoms with Crippen LogP contribution in [0.3, 0.4) is 0 Å². The molecule has 0 radical (unpaired) electrons. The molecular formula is C24H21FN4O. The fourth-order valence-corrected chi connectivity index (χ4v) is 3.14. The summed E-state index contributed by atoms with van der Waals surface area (Å²) < 4.78 is 15.0. The maximum Gasteiger partial charge on any atom is 0.295 e. The number of halogens is 1. The lowest BCUT2D eigenvalue weighted by Crippen LogP contribution is -2.14. The summed E-state index contributed by atoms with van der Waals surface area (Å²) in [7, 11) is 0. The molecule has 5 nitrogen and oxygen atoms in total. The molecule has 1 amide bonds. The van der Waals surface area contributed by atoms with Crippen LogP contribution >= 0.6 is 0 Å². The van der Waals surface area contributed by atoms with Crippen molar-refractivity contribution in [1.29, 1.82) is 0 Å². The highest BCUT2D eigenvalue weighted by atomic mass is 19.1. The first-order valence-corrected chi connectivity index (χ1v) is 9.59. The van der Waals surface area contributed by atoms with Gasteiger partial charge >= 0.3 is 0 Å². The lowest BCUT2D eigenvalue weighted by molar-refractivity contribution is 0.101. The van der Waals surface area contributed by atoms with Crippen LogP contribution in [0.2, 0.25) is 0 Å². The van der Waals surface area contributed by atoms with E-state index in [1.165, 1.54) is 12.1 Å². The van der Waals surface area contributed by atoms with Gasteiger partial charge in [-0.3, -0.25) is 4.79 Å². The number of rotatable bonds is 4. The van der Waals surface area contributed by atoms with Crippen molar-refractivity contribution in [2.75, 3.05) is 5.32 Å². The first kappa shape index (κ1) is 19.5. The quantitative estimate of drug-likeness (QED) is 0.509. The Kier molecular flexibility index (Phi) is 5.14. The molecule has 30 heavy (non-hydrogen) atoms. The van der Waals surface area contributed by atoms with E-state index in [-0.39, 0.29) is 11.6 Å². The number of nitrogens with zero attached hydrogens (tertiary/aromatic N) is 3. The third kappa shape index (κ3) is 3.98. The third-order valence-electron chi connectivity index (χ3n) is 4.92. The summed E-state index contributed by atoms with van der Waals surface area (Å²) in [4.78, 5) is 17.3. The molecule has 6 heteroatoms. The summed E-state index contributed by atoms with van der Waals surface area (Å²) in [5, 5.41) is 7.30. The van der Waals surface area contributed by atoms with E-state index in [1.54, 1.807) is 16.8 Å². The van der Waals surface area contributed by atoms with Crippen molar-refractivity contribution in [1.82, 2.24) is 14.8 Å². The molecule has 1 aromatic heterocycles. The van der Waals surface area contributed by atoms with Gasteiger partial charge < -0.3 is 5.32 Å². The first-order chi connectivity index (χ1) is 14.4. The number of carbonyl (C=O) groups is 1. The smallest absolute Gasteiger partial charge is 0.295 e. The Labute approximate surface area is 174 Å². The number of aromatic nitrogens is 3. The summed E-state index contributed by atoms with van der Waals surface area (Å²) in [6.07, 6.45) is 0. The fraction of sp³-hybridized carbons (Fsp3) is 0.125. The minimum Gasteiger partial charge on any atom is -0.319 e. The Balaban J connectivity index is 1.77. The average molecular weight is 400 g/mol. The highest BCUT2D eigenvalue weighted by Crippen LogP contribution is 2.23. The summed E-state index contributed by atoms with van der Waals surface area (Å²) >= 11 is 0. The van der Waals surface area contributed by atoms with Gasteiger partial charge in [-0.1, -0.05) is 18.2 Å². The number of aryl methyl sites for hydroxylation is 3. The first-order valence-electron chi connectivity index (χ1n) is 9.59. The van der Waals surface area contributed by atoms with Crippen molar-refractivity contribution in [2.45, 2.75) is 20.8 Å². The van der Waals surface area contributed by atoms with Gasteiger partial charge in [0, 0.05) is 11.3 Å². The van der Waals surface area contributed by atoms with E-state index in [1.807, 2.05) is 63.2 Å². The van der Waals surface area contributed by atoms with Crippen LogP contribution in [-0.2, 0) is 0 Å². The summed E-state index contributed by atoms with van der Waals surface area (Å²) in [6.45, 7) is 6.00. The van der Waals surface area contributed by atoms with Crippen LogP contribution in [0.5, 0.6) is 0 Å². The van der Waals surface area contributed by atoms with Gasteiger partial charge in [0.25, 0.3) is 5.91 Å². The topological polar surface area (TPSA) is 59.8 Å². The number of amides is 1. The maximum absolute atomic E-state index is 13.4. The third-order valence-corrected chi connectivity index (χ3v) is 4.92. The highest BCUT2D eigenvalue weighted by molar-refractivity contribution is 6.01. The van der Waals surface area contributed by atoms with Crippen molar-refractivity contribution in [3.05, 3.63) is 95.1 Å². The lowest BCUT2D eigenvalue weighted by Gasteiger charge is -2.08. The highest BCUT2D eigenvalue weighted by Gasteiger charge is 2.19. The lowest BCUT2D eigenvalue weighted by atomic mass is 10.1. The van der Waals surface area contributed by atoms with Crippen molar-refractivity contribution in [3.63, 3.8) is 0 Å². The molecule has 1 heterocycles. The predicted octanol–water partition coefficient (Wildman–Crippen LogP) is 5.25. The number of hydrogen-bond acceptors (Lipinski definition) is 3. The Hall–Kier alpha value is -3.80. The molecule has 0 unspecified atom stereocenters. The van der Waals surface area contributed by atoms with Crippen LogP contribution in [-0.4, -0.2) is 20.7 Å². The SMILES string of the molecule is Cc1cccc(NC(=O)c2nc(-c3ccc(F)cc3)n(-c3ccc(C)c(C)c3)n2)c1. The number of nitrogens with one attached hydrogen (secondary N) is 1. The van der Waals surface area contributed by atoms with Crippen LogP contribution in [0.4, 0.5) is 10.1 Å². The molecule has 0 aliphatic carbocycles. The largest absolute Gasteiger partial charge is 0.319 e. The molecule has 150 valence electrons. The normalized spacial score (nSPS) is 10.8. The van der Waals surface area contributed by atoms with E-state index in [0.29, 0.717) is 17.1 Å². The monoisotopic (exact) mass is 400 g/mol. The zero-order chi connectivity index (χ0) is 21.3. The van der Waals surface area contributed by atoms with Crippen molar-refractivity contribution >= 4 is 11.6 Å². The van der Waals surface area contributed by atoms with Gasteiger partial charge in [0.15, 0.2) is 5.82 Å². The molecule has 0 bridgehead atoms. The molecule has 0 spiro atoms. The van der Waals surface area contributed by atoms with Crippen LogP contribution < -0.4 is 5.32 Å². The number of anilines is 1. The van der Waals surface area contributed by atoms with E-state index < -0.39 is 5.91 Å². The summed E-state index contributed by atoms with van der Waals surface area (Å²) in [6, 6.07) is 19.4. The van der Waals surface area contributed by atoms with Gasteiger partial charge in [-0.25, -0.2) is 14.1 Å². The number of carbonyl (C=O) groups excluding carboxylic acids is 1. The van der Waals surface area contributed by atoms with E-state index in [0.717, 1.165) is 22.4 Å². The van der Waals surface area contributed by atoms with Crippen LogP contribution in [0.25, 0.3) is 17.1 Å². The van der Waals surface area contributed by atoms with E-state index in [9.17, 15) is 9.18 Å². The second kappa shape index (κ2) is 7.91. The second-order valence-electron chi connectivity index (χ2n) is 7.27. The van der Waals surface area contributed by atoms with Crippen molar-refractivity contribution in [2.24, 2.45) is 0 Å². The van der Waals surface area contributed by atoms with Crippen LogP contribution in [0.1, 0.15) is 27.3 Å². The Bertz CT molecular complexity index is 1230. The number of benzene rings is 3. The Morgan fingerprint density at radius 1 is 0.933 bits per heavy atom. The molecule has 0 atom stereocenters. The zero-order valence-electron chi connectivity index (χ0n) is 17.0. The van der Waals surface area contributed by atoms with Gasteiger partial charge in [-0.2, -0.15) is 0 Å². The van der Waals surface area contributed by atoms with Gasteiger partial charge in [-0.05, 0) is 86.0 Å². The standard InChI is InChI=1S/C24H21FN4O/c1-15-5-4-6-20(13-15)26-24(30)22-27-23(18-8-10-19(25)11-9-18)29(28-22)21-12-7-16(2)17(3)14-21/h4-14H,1-3H3,(H,26,30). The molecular weight excluding hydrogens is 379 g/mol. The van der Waals surface area contributed by atoms with Gasteiger partial charge in [0.2, 0.25) is 5.82 Å². The minimum atomic E-state index is -0.411. The second-order valence-corrected chi connectivity index (χ2v) is 7.27. The van der Waals surface area contributed by atoms with E-state index in [4.69, 9.17) is 0 Å². The van der Waals surface area contributed by atoms with Gasteiger partial charge in [0.05, 0.1) is 5.69 Å². The van der Waals surface area contributed by atoms with Gasteiger partial charge in [0.1, 0.15) is 5.82 Å². The van der Waals surface area contributed by atoms with Gasteiger partial charge in [-0.15, -0.1) is 5.10 Å². The molecule has 4 aromatic rings. The molecule has 0 saturated carbocycles. The van der Waals surface area contributed by atoms with Crippen molar-refractivity contribution in [3.8, 4) is 17.1 Å². The summed E-state index contributed by atoms with van der Waals surface area (Å²) in [5.74, 6) is -0.248. The molecule has 0 aliphatic rings. The predicted molar refractivity (Wildman–Crippen MR) is 115 cm³/mol. The molecule has 0 fully saturated rings. The zero-order valence-corrected chi connectivity index (χ0v) is 17.0. The Morgan fingerprint density at radius 2 is 1.70 bits per heavy atom.